The number of carbonyl (C=O) groups excluding carboxylic acids is 2. The van der Waals surface area contributed by atoms with E-state index in [1.165, 1.54) is 48.1 Å². The summed E-state index contributed by atoms with van der Waals surface area (Å²) < 4.78 is 61.2. The van der Waals surface area contributed by atoms with E-state index in [0.717, 1.165) is 214 Å². The molecular weight excluding hydrogens is 1420 g/mol. The number of fused-ring (bicyclic) bond motifs is 9. The zero-order valence-corrected chi connectivity index (χ0v) is 68.4. The monoisotopic (exact) mass is 1550 g/mol. The van der Waals surface area contributed by atoms with Crippen LogP contribution in [0.15, 0.2) is 72.8 Å². The number of nitrogens with zero attached hydrogens (tertiary/aromatic N) is 6. The molecule has 3 saturated heterocycles. The summed E-state index contributed by atoms with van der Waals surface area (Å²) in [7, 11) is -1.91. The van der Waals surface area contributed by atoms with E-state index in [1.807, 2.05) is 76.6 Å². The third-order valence-electron chi connectivity index (χ3n) is 28.7. The first-order chi connectivity index (χ1) is 50.7. The molecule has 107 heavy (non-hydrogen) atoms. The maximum atomic E-state index is 14.1. The van der Waals surface area contributed by atoms with Crippen LogP contribution in [0.25, 0.3) is 0 Å². The highest BCUT2D eigenvalue weighted by Gasteiger charge is 2.54. The van der Waals surface area contributed by atoms with Crippen molar-refractivity contribution in [2.45, 2.75) is 229 Å². The van der Waals surface area contributed by atoms with Crippen LogP contribution in [0.1, 0.15) is 208 Å². The Morgan fingerprint density at radius 1 is 0.551 bits per heavy atom. The van der Waals surface area contributed by atoms with E-state index in [-0.39, 0.29) is 63.6 Å². The number of carbonyl (C=O) groups is 2. The van der Waals surface area contributed by atoms with Crippen LogP contribution >= 0.6 is 23.2 Å². The molecule has 11 aliphatic rings. The van der Waals surface area contributed by atoms with Gasteiger partial charge in [-0.3, -0.25) is 38.6 Å². The number of hydrogen-bond acceptors (Lipinski definition) is 14. The maximum Gasteiger partial charge on any atom is 0.262 e. The lowest BCUT2D eigenvalue weighted by molar-refractivity contribution is -0.136. The van der Waals surface area contributed by atoms with Crippen molar-refractivity contribution in [1.29, 1.82) is 0 Å². The van der Waals surface area contributed by atoms with Gasteiger partial charge in [0.2, 0.25) is 0 Å². The fraction of sp³-hybridized carbons (Fsp3) is 0.678. The summed E-state index contributed by atoms with van der Waals surface area (Å²) in [6.45, 7) is 29.4. The van der Waals surface area contributed by atoms with Gasteiger partial charge in [-0.15, -0.1) is 0 Å². The van der Waals surface area contributed by atoms with Gasteiger partial charge in [-0.25, -0.2) is 8.42 Å². The van der Waals surface area contributed by atoms with Gasteiger partial charge in [0.1, 0.15) is 11.5 Å². The highest BCUT2D eigenvalue weighted by molar-refractivity contribution is 7.99. The van der Waals surface area contributed by atoms with Crippen molar-refractivity contribution in [2.75, 3.05) is 122 Å². The molecule has 4 aromatic rings. The molecular formula is C87H128Cl2N8O8S2. The van der Waals surface area contributed by atoms with Gasteiger partial charge < -0.3 is 28.7 Å². The van der Waals surface area contributed by atoms with Crippen molar-refractivity contribution in [3.63, 3.8) is 0 Å². The van der Waals surface area contributed by atoms with Crippen molar-refractivity contribution in [3.05, 3.63) is 116 Å². The van der Waals surface area contributed by atoms with Crippen molar-refractivity contribution in [1.82, 2.24) is 29.0 Å². The molecule has 2 N–H and O–H groups in total. The van der Waals surface area contributed by atoms with E-state index in [1.54, 1.807) is 0 Å². The summed E-state index contributed by atoms with van der Waals surface area (Å²) in [5.74, 6) is 11.1. The Labute approximate surface area is 653 Å². The second-order valence-corrected chi connectivity index (χ2v) is 41.0. The summed E-state index contributed by atoms with van der Waals surface area (Å²) in [6, 6.07) is 26.0. The topological polar surface area (TPSA) is 149 Å². The standard InChI is InChI=1S/C43H61ClN4O4S.C43H63ClN4O4S.CH4/c1-30-9-7-19-43(51-3,28-46-21-22-47-20-6-5-11-36(47)26-46)38-15-12-34(38)25-48-27-42(18-8-10-32-23-35(44)14-16-37(32)42)29-52-40-17-13-33(24-39(40)48)41(49)45-53(4,50)31(30)2;1-29(2)48-21-20-46(24-31(48)4)27-43(51-6)19-8-10-30(3)32(5)53(7,50)45-41(49)34-13-17-40-39(23-34)47(25-35-12-15-38(35)43)26-42(28-52-40)18-9-11-33-22-36(44)14-16-37(33)42;/h13-14,16-17,23-24,30-31,34,36,38H,4-12,15,18-22,25-29H2,1-3H3,(H,45,49,50);13-14,16-17,22-23,29-32,35,38H,7-12,15,18-21,24-28H2,1-6H3,(H,45,49,50);1H4/t30-,31+,34-,36+,38+,42-,43+,53?;30-,31+,32+,35-,38+,42-,43-,53?;/m00./s1. The Hall–Kier alpha value is -4.60. The Morgan fingerprint density at radius 3 is 1.48 bits per heavy atom. The number of halogens is 2. The van der Waals surface area contributed by atoms with Gasteiger partial charge in [-0.1, -0.05) is 75.9 Å². The van der Waals surface area contributed by atoms with Crippen molar-refractivity contribution >= 4 is 77.5 Å². The van der Waals surface area contributed by atoms with Crippen molar-refractivity contribution in [2.24, 2.45) is 35.5 Å². The van der Waals surface area contributed by atoms with Crippen LogP contribution in [0.2, 0.25) is 10.0 Å². The second-order valence-electron chi connectivity index (χ2n) is 35.3. The third kappa shape index (κ3) is 16.5. The van der Waals surface area contributed by atoms with Crippen LogP contribution in [0, 0.1) is 35.5 Å². The zero-order chi connectivity index (χ0) is 74.7. The number of methoxy groups -OCH3 is 2. The molecule has 16 nitrogen and oxygen atoms in total. The molecule has 590 valence electrons. The van der Waals surface area contributed by atoms with Crippen LogP contribution in [0.5, 0.6) is 11.5 Å². The minimum Gasteiger partial charge on any atom is -0.490 e. The molecule has 15 rings (SSSR count). The lowest BCUT2D eigenvalue weighted by atomic mass is 9.62. The lowest BCUT2D eigenvalue weighted by Crippen LogP contribution is -2.62. The second kappa shape index (κ2) is 32.8. The molecule has 7 aliphatic heterocycles. The first kappa shape index (κ1) is 80.4. The molecule has 2 saturated carbocycles. The fourth-order valence-electron chi connectivity index (χ4n) is 21.8. The van der Waals surface area contributed by atoms with E-state index in [4.69, 9.17) is 42.1 Å². The Kier molecular flexibility index (Phi) is 24.7. The van der Waals surface area contributed by atoms with E-state index in [0.29, 0.717) is 66.1 Å². The number of hydrogen-bond donors (Lipinski definition) is 2. The number of anilines is 2. The van der Waals surface area contributed by atoms with Crippen LogP contribution < -0.4 is 28.7 Å². The average molecular weight is 1550 g/mol. The number of piperazine rings is 2. The Balaban J connectivity index is 0.000000187. The predicted molar refractivity (Wildman–Crippen MR) is 443 cm³/mol. The molecule has 2 unspecified atom stereocenters. The highest BCUT2D eigenvalue weighted by atomic mass is 35.5. The minimum absolute atomic E-state index is 0. The van der Waals surface area contributed by atoms with Crippen LogP contribution in [-0.4, -0.2) is 204 Å². The first-order valence-corrected chi connectivity index (χ1v) is 45.1. The summed E-state index contributed by atoms with van der Waals surface area (Å²) in [4.78, 5) is 43.5. The van der Waals surface area contributed by atoms with Crippen LogP contribution in [-0.2, 0) is 52.6 Å². The van der Waals surface area contributed by atoms with Gasteiger partial charge in [0.15, 0.2) is 0 Å². The number of amides is 2. The summed E-state index contributed by atoms with van der Waals surface area (Å²) >= 11 is 13.1. The number of ether oxygens (including phenoxy) is 4. The lowest BCUT2D eigenvalue weighted by Gasteiger charge is -2.54. The molecule has 20 heteroatoms. The SMILES string of the molecule is C.C=S1(=O)NC(=O)c2ccc3c(c2)N(C[C@@H]2CC[C@H]2[C@@](CN2CCN4CCCC[C@@H]4C2)(OC)CCC[C@H](C)[C@H]1C)C[C@@]1(CCCc2cc(Cl)ccc21)CO3.C=S1(=O)NC(=O)c2ccc3c(c2)N(C[C@@H]2CC[C@H]2[C@](CN2CCN(C(C)C)[C@H](C)C2)(OC)CCC[C@H](C)[C@H]1C)C[C@@]1(CCCc2cc(Cl)ccc21)CO3. The molecule has 5 fully saturated rings. The third-order valence-corrected chi connectivity index (χ3v) is 33.6. The van der Waals surface area contributed by atoms with Gasteiger partial charge in [0.25, 0.3) is 11.8 Å². The summed E-state index contributed by atoms with van der Waals surface area (Å²) in [5, 5.41) is 1.01. The number of piperidine rings is 1. The minimum atomic E-state index is -2.92. The molecule has 4 aromatic carbocycles. The molecule has 16 atom stereocenters. The number of benzene rings is 4. The van der Waals surface area contributed by atoms with E-state index in [2.05, 4.69) is 109 Å². The van der Waals surface area contributed by atoms with Crippen molar-refractivity contribution in [3.8, 4) is 11.5 Å². The largest absolute Gasteiger partial charge is 0.490 e. The summed E-state index contributed by atoms with van der Waals surface area (Å²) in [5.41, 5.74) is 7.19. The average Bonchev–Trinajstić information content (AvgIpc) is 1.74. The highest BCUT2D eigenvalue weighted by Crippen LogP contribution is 2.53. The zero-order valence-electron chi connectivity index (χ0n) is 65.3. The van der Waals surface area contributed by atoms with Gasteiger partial charge in [0, 0.05) is 153 Å². The van der Waals surface area contributed by atoms with Crippen LogP contribution in [0.4, 0.5) is 11.4 Å². The number of nitrogens with one attached hydrogen (secondary N) is 2. The van der Waals surface area contributed by atoms with Gasteiger partial charge in [0.05, 0.1) is 55.2 Å². The molecule has 2 spiro atoms. The molecule has 7 heterocycles. The normalized spacial score (nSPS) is 36.0. The molecule has 4 bridgehead atoms. The number of rotatable bonds is 7. The van der Waals surface area contributed by atoms with E-state index in [9.17, 15) is 18.0 Å². The predicted octanol–water partition coefficient (Wildman–Crippen LogP) is 14.8. The summed E-state index contributed by atoms with van der Waals surface area (Å²) in [6.07, 6.45) is 20.5. The van der Waals surface area contributed by atoms with Crippen molar-refractivity contribution < 1.29 is 37.0 Å². The molecule has 4 aliphatic carbocycles. The number of aryl methyl sites for hydroxylation is 2. The van der Waals surface area contributed by atoms with E-state index < -0.39 is 19.4 Å². The first-order valence-electron chi connectivity index (χ1n) is 40.8. The quantitative estimate of drug-likeness (QED) is 0.169. The fourth-order valence-corrected chi connectivity index (χ4v) is 25.2. The maximum absolute atomic E-state index is 14.1. The van der Waals surface area contributed by atoms with Gasteiger partial charge >= 0.3 is 0 Å². The molecule has 2 amide bonds. The van der Waals surface area contributed by atoms with Gasteiger partial charge in [-0.2, -0.15) is 0 Å². The van der Waals surface area contributed by atoms with E-state index >= 15 is 0 Å². The molecule has 0 radical (unpaired) electrons. The Bertz CT molecular complexity index is 4070. The van der Waals surface area contributed by atoms with Gasteiger partial charge in [-0.05, 0) is 274 Å². The van der Waals surface area contributed by atoms with Crippen LogP contribution in [0.3, 0.4) is 0 Å². The molecule has 0 aromatic heterocycles. The smallest absolute Gasteiger partial charge is 0.262 e. The Morgan fingerprint density at radius 2 is 1.03 bits per heavy atom.